The third-order valence-electron chi connectivity index (χ3n) is 6.43. The van der Waals surface area contributed by atoms with E-state index in [-0.39, 0.29) is 6.10 Å². The van der Waals surface area contributed by atoms with Crippen LogP contribution in [-0.4, -0.2) is 25.4 Å². The van der Waals surface area contributed by atoms with Gasteiger partial charge in [0.2, 0.25) is 0 Å². The minimum absolute atomic E-state index is 0.191. The van der Waals surface area contributed by atoms with Gasteiger partial charge >= 0.3 is 155 Å². The van der Waals surface area contributed by atoms with Gasteiger partial charge in [0.1, 0.15) is 0 Å². The Balaban J connectivity index is 2.11. The van der Waals surface area contributed by atoms with Gasteiger partial charge in [0.15, 0.2) is 0 Å². The van der Waals surface area contributed by atoms with Gasteiger partial charge in [-0.1, -0.05) is 0 Å². The molecule has 3 rings (SSSR count). The van der Waals surface area contributed by atoms with Crippen LogP contribution in [0.5, 0.6) is 0 Å². The van der Waals surface area contributed by atoms with E-state index in [4.69, 9.17) is 4.84 Å². The van der Waals surface area contributed by atoms with Crippen molar-refractivity contribution in [2.24, 2.45) is 0 Å². The van der Waals surface area contributed by atoms with Crippen LogP contribution in [0.1, 0.15) is 44.0 Å². The maximum atomic E-state index is 6.52. The minimum atomic E-state index is -2.10. The molecule has 0 spiro atoms. The molecule has 1 aliphatic heterocycles. The van der Waals surface area contributed by atoms with Crippen molar-refractivity contribution in [1.82, 2.24) is 5.06 Å². The quantitative estimate of drug-likeness (QED) is 0.536. The molecule has 1 heterocycles. The van der Waals surface area contributed by atoms with Gasteiger partial charge in [-0.05, 0) is 0 Å². The van der Waals surface area contributed by atoms with Crippen molar-refractivity contribution in [3.05, 3.63) is 71.8 Å². The van der Waals surface area contributed by atoms with Crippen LogP contribution in [0, 0.1) is 0 Å². The summed E-state index contributed by atoms with van der Waals surface area (Å²) in [7, 11) is 2.13. The maximum absolute atomic E-state index is 6.52. The monoisotopic (exact) mass is 399 g/mol. The van der Waals surface area contributed by atoms with Gasteiger partial charge in [-0.2, -0.15) is 0 Å². The Hall–Kier alpha value is -1.10. The molecule has 0 aromatic heterocycles. The Morgan fingerprint density at radius 3 is 1.76 bits per heavy atom. The number of hydrogen-bond donors (Lipinski definition) is 0. The average Bonchev–Trinajstić information content (AvgIpc) is 3.03. The third-order valence-corrected chi connectivity index (χ3v) is 19.6. The summed E-state index contributed by atoms with van der Waals surface area (Å²) in [6.07, 6.45) is 0.191. The zero-order valence-electron chi connectivity index (χ0n) is 16.0. The SMILES string of the molecule is C[CH2][Ge]([CH2]C)([CH2]C)[C@@H]1[C@H](c2ccccc2)ON(C)[C@H]1c1ccccc1. The first kappa shape index (κ1) is 18.7. The molecule has 0 bridgehead atoms. The van der Waals surface area contributed by atoms with E-state index in [1.807, 2.05) is 0 Å². The fraction of sp³-hybridized carbons (Fsp3) is 0.455. The van der Waals surface area contributed by atoms with Gasteiger partial charge in [0.25, 0.3) is 0 Å². The first-order valence-electron chi connectivity index (χ1n) is 9.66. The molecule has 3 atom stereocenters. The first-order valence-corrected chi connectivity index (χ1v) is 15.3. The van der Waals surface area contributed by atoms with E-state index >= 15 is 0 Å². The summed E-state index contributed by atoms with van der Waals surface area (Å²) in [5.41, 5.74) is 2.74. The summed E-state index contributed by atoms with van der Waals surface area (Å²) in [5, 5.41) is 6.24. The van der Waals surface area contributed by atoms with Crippen molar-refractivity contribution >= 4 is 13.3 Å². The topological polar surface area (TPSA) is 12.5 Å². The van der Waals surface area contributed by atoms with Crippen LogP contribution in [-0.2, 0) is 4.84 Å². The van der Waals surface area contributed by atoms with E-state index in [1.54, 1.807) is 0 Å². The molecule has 0 saturated carbocycles. The predicted octanol–water partition coefficient (Wildman–Crippen LogP) is 6.22. The average molecular weight is 398 g/mol. The number of rotatable bonds is 6. The van der Waals surface area contributed by atoms with Gasteiger partial charge in [0.05, 0.1) is 0 Å². The van der Waals surface area contributed by atoms with Gasteiger partial charge in [-0.25, -0.2) is 0 Å². The molecule has 0 unspecified atom stereocenters. The van der Waals surface area contributed by atoms with E-state index in [9.17, 15) is 0 Å². The standard InChI is InChI=1S/C22H31GeNO/c1-5-23(6-2,7-3)20-21(18-14-10-8-11-15-18)24(4)25-22(20)19-16-12-9-13-17-19/h8-17,20-22H,5-7H2,1-4H3/t20-,21-,22-/m0/s1. The number of hydroxylamine groups is 2. The normalized spacial score (nSPS) is 24.6. The molecule has 0 radical (unpaired) electrons. The van der Waals surface area contributed by atoms with Crippen LogP contribution in [0.2, 0.25) is 20.5 Å². The van der Waals surface area contributed by atoms with Crippen LogP contribution < -0.4 is 0 Å². The Labute approximate surface area is 155 Å². The summed E-state index contributed by atoms with van der Waals surface area (Å²) in [5.74, 6) is 0. The predicted molar refractivity (Wildman–Crippen MR) is 108 cm³/mol. The van der Waals surface area contributed by atoms with E-state index in [0.717, 1.165) is 0 Å². The van der Waals surface area contributed by atoms with E-state index in [1.165, 1.54) is 26.9 Å². The zero-order chi connectivity index (χ0) is 17.9. The molecule has 1 saturated heterocycles. The Morgan fingerprint density at radius 2 is 1.28 bits per heavy atom. The second kappa shape index (κ2) is 8.07. The molecule has 2 aromatic rings. The van der Waals surface area contributed by atoms with Gasteiger partial charge in [0, 0.05) is 0 Å². The van der Waals surface area contributed by atoms with Crippen LogP contribution in [0.3, 0.4) is 0 Å². The molecule has 25 heavy (non-hydrogen) atoms. The Bertz CT molecular complexity index is 648. The fourth-order valence-corrected chi connectivity index (χ4v) is 15.0. The van der Waals surface area contributed by atoms with Crippen molar-refractivity contribution in [1.29, 1.82) is 0 Å². The van der Waals surface area contributed by atoms with Gasteiger partial charge in [-0.3, -0.25) is 0 Å². The third kappa shape index (κ3) is 3.44. The van der Waals surface area contributed by atoms with Crippen molar-refractivity contribution < 1.29 is 4.84 Å². The van der Waals surface area contributed by atoms with E-state index in [2.05, 4.69) is 93.5 Å². The molecule has 0 aliphatic carbocycles. The molecular formula is C22H31GeNO. The zero-order valence-corrected chi connectivity index (χ0v) is 18.1. The summed E-state index contributed by atoms with van der Waals surface area (Å²) < 4.78 is 0.620. The number of nitrogens with zero attached hydrogens (tertiary/aromatic N) is 1. The van der Waals surface area contributed by atoms with Gasteiger partial charge in [-0.15, -0.1) is 0 Å². The second-order valence-corrected chi connectivity index (χ2v) is 18.9. The summed E-state index contributed by atoms with van der Waals surface area (Å²) >= 11 is -2.10. The Kier molecular flexibility index (Phi) is 6.03. The van der Waals surface area contributed by atoms with Crippen LogP contribution >= 0.6 is 0 Å². The molecule has 1 aliphatic rings. The molecular weight excluding hydrogens is 367 g/mol. The van der Waals surface area contributed by atoms with Crippen molar-refractivity contribution in [3.63, 3.8) is 0 Å². The molecule has 0 amide bonds. The van der Waals surface area contributed by atoms with Crippen LogP contribution in [0.25, 0.3) is 0 Å². The summed E-state index contributed by atoms with van der Waals surface area (Å²) in [6.45, 7) is 7.28. The molecule has 2 nitrogen and oxygen atoms in total. The number of hydrogen-bond acceptors (Lipinski definition) is 2. The summed E-state index contributed by atoms with van der Waals surface area (Å²) in [6, 6.07) is 22.2. The van der Waals surface area contributed by atoms with E-state index in [0.29, 0.717) is 10.8 Å². The molecule has 134 valence electrons. The second-order valence-electron chi connectivity index (χ2n) is 7.29. The van der Waals surface area contributed by atoms with Crippen molar-refractivity contribution in [2.45, 2.75) is 53.4 Å². The van der Waals surface area contributed by atoms with Crippen molar-refractivity contribution in [3.8, 4) is 0 Å². The van der Waals surface area contributed by atoms with Crippen LogP contribution in [0.4, 0.5) is 0 Å². The molecule has 3 heteroatoms. The fourth-order valence-electron chi connectivity index (χ4n) is 4.79. The van der Waals surface area contributed by atoms with E-state index < -0.39 is 13.3 Å². The Morgan fingerprint density at radius 1 is 0.800 bits per heavy atom. The summed E-state index contributed by atoms with van der Waals surface area (Å²) in [4.78, 5) is 6.52. The molecule has 2 aromatic carbocycles. The van der Waals surface area contributed by atoms with Crippen molar-refractivity contribution in [2.75, 3.05) is 7.05 Å². The number of benzene rings is 2. The molecule has 0 N–H and O–H groups in total. The first-order chi connectivity index (χ1) is 12.2. The van der Waals surface area contributed by atoms with Gasteiger partial charge < -0.3 is 0 Å². The van der Waals surface area contributed by atoms with Crippen LogP contribution in [0.15, 0.2) is 60.7 Å². The molecule has 1 fully saturated rings.